The van der Waals surface area contributed by atoms with Crippen LogP contribution in [0, 0.1) is 11.3 Å². The second-order valence-corrected chi connectivity index (χ2v) is 8.81. The largest absolute Gasteiger partial charge is 0.416 e. The van der Waals surface area contributed by atoms with E-state index in [9.17, 15) is 28.0 Å². The summed E-state index contributed by atoms with van der Waals surface area (Å²) in [5, 5.41) is 12.0. The molecule has 188 valence electrons. The first-order valence-electron chi connectivity index (χ1n) is 10.6. The molecule has 1 aromatic heterocycles. The van der Waals surface area contributed by atoms with Crippen molar-refractivity contribution >= 4 is 23.2 Å². The third kappa shape index (κ3) is 6.77. The van der Waals surface area contributed by atoms with Gasteiger partial charge >= 0.3 is 6.18 Å². The van der Waals surface area contributed by atoms with E-state index in [1.165, 1.54) is 12.1 Å². The number of alkyl halides is 3. The lowest BCUT2D eigenvalue weighted by molar-refractivity contribution is -0.235. The molecular formula is C22H24F3N5O4S. The van der Waals surface area contributed by atoms with E-state index in [2.05, 4.69) is 15.6 Å². The molecule has 13 heteroatoms. The Morgan fingerprint density at radius 3 is 2.80 bits per heavy atom. The fourth-order valence-electron chi connectivity index (χ4n) is 3.25. The van der Waals surface area contributed by atoms with Gasteiger partial charge in [0.2, 0.25) is 0 Å². The third-order valence-corrected chi connectivity index (χ3v) is 6.42. The fourth-order valence-corrected chi connectivity index (χ4v) is 4.12. The number of hydrogen-bond acceptors (Lipinski definition) is 8. The second kappa shape index (κ2) is 11.6. The second-order valence-electron chi connectivity index (χ2n) is 7.69. The molecule has 1 aromatic carbocycles. The Morgan fingerprint density at radius 1 is 1.34 bits per heavy atom. The van der Waals surface area contributed by atoms with Crippen molar-refractivity contribution in [1.82, 2.24) is 15.7 Å². The van der Waals surface area contributed by atoms with E-state index in [1.54, 1.807) is 29.2 Å². The van der Waals surface area contributed by atoms with Crippen molar-refractivity contribution in [3.8, 4) is 6.07 Å². The van der Waals surface area contributed by atoms with Crippen LogP contribution in [0.2, 0.25) is 0 Å². The van der Waals surface area contributed by atoms with Gasteiger partial charge in [-0.05, 0) is 31.2 Å². The minimum Gasteiger partial charge on any atom is -0.377 e. The topological polar surface area (TPSA) is 130 Å². The molecule has 1 fully saturated rings. The maximum atomic E-state index is 13.1. The Labute approximate surface area is 203 Å². The molecule has 2 aromatic rings. The molecular weight excluding hydrogens is 487 g/mol. The van der Waals surface area contributed by atoms with Crippen LogP contribution in [0.3, 0.4) is 0 Å². The van der Waals surface area contributed by atoms with Gasteiger partial charge in [-0.2, -0.15) is 23.9 Å². The number of carbonyl (C=O) groups excluding carboxylic acids is 2. The molecule has 1 saturated heterocycles. The molecule has 0 saturated carbocycles. The van der Waals surface area contributed by atoms with Gasteiger partial charge in [0.05, 0.1) is 41.3 Å². The van der Waals surface area contributed by atoms with E-state index >= 15 is 0 Å². The molecule has 2 heterocycles. The van der Waals surface area contributed by atoms with Crippen molar-refractivity contribution in [2.75, 3.05) is 26.3 Å². The number of benzene rings is 1. The van der Waals surface area contributed by atoms with E-state index < -0.39 is 30.4 Å². The summed E-state index contributed by atoms with van der Waals surface area (Å²) in [7, 11) is 0. The quantitative estimate of drug-likeness (QED) is 0.366. The number of hydrogen-bond donors (Lipinski definition) is 3. The SMILES string of the molecule is CC(ONC(N)c1ccc(C(=O)NCC2COCCN2C(=O)c2ccccc2C#N)s1)C(F)(F)F. The molecule has 1 aliphatic rings. The highest BCUT2D eigenvalue weighted by Crippen LogP contribution is 2.24. The molecule has 2 amide bonds. The fraction of sp³-hybridized carbons (Fsp3) is 0.409. The summed E-state index contributed by atoms with van der Waals surface area (Å²) in [6.45, 7) is 1.79. The highest BCUT2D eigenvalue weighted by molar-refractivity contribution is 7.14. The lowest BCUT2D eigenvalue weighted by Crippen LogP contribution is -2.53. The average Bonchev–Trinajstić information content (AvgIpc) is 3.35. The molecule has 1 aliphatic heterocycles. The molecule has 0 aliphatic carbocycles. The van der Waals surface area contributed by atoms with Crippen molar-refractivity contribution in [1.29, 1.82) is 5.26 Å². The van der Waals surface area contributed by atoms with Crippen LogP contribution < -0.4 is 16.5 Å². The molecule has 3 unspecified atom stereocenters. The molecule has 3 atom stereocenters. The number of halogens is 3. The molecule has 9 nitrogen and oxygen atoms in total. The van der Waals surface area contributed by atoms with Gasteiger partial charge in [-0.1, -0.05) is 12.1 Å². The standard InChI is InChI=1S/C22H24F3N5O4S/c1-13(22(23,24)25)34-29-19(27)17-6-7-18(35-17)20(31)28-11-15-12-33-9-8-30(15)21(32)16-5-3-2-4-14(16)10-26/h2-7,13,15,19,29H,8-9,11-12,27H2,1H3,(H,28,31). The maximum absolute atomic E-state index is 13.1. The highest BCUT2D eigenvalue weighted by Gasteiger charge is 2.38. The van der Waals surface area contributed by atoms with Gasteiger partial charge in [-0.15, -0.1) is 11.3 Å². The number of amides is 2. The summed E-state index contributed by atoms with van der Waals surface area (Å²) >= 11 is 0.995. The normalized spacial score (nSPS) is 17.9. The van der Waals surface area contributed by atoms with E-state index in [-0.39, 0.29) is 35.1 Å². The first-order chi connectivity index (χ1) is 16.6. The smallest absolute Gasteiger partial charge is 0.377 e. The van der Waals surface area contributed by atoms with Crippen LogP contribution in [0.1, 0.15) is 43.6 Å². The van der Waals surface area contributed by atoms with Crippen molar-refractivity contribution < 1.29 is 32.3 Å². The zero-order valence-electron chi connectivity index (χ0n) is 18.7. The van der Waals surface area contributed by atoms with Gasteiger partial charge in [0.15, 0.2) is 6.10 Å². The molecule has 35 heavy (non-hydrogen) atoms. The van der Waals surface area contributed by atoms with Gasteiger partial charge in [-0.25, -0.2) is 0 Å². The average molecular weight is 512 g/mol. The molecule has 0 spiro atoms. The number of hydroxylamine groups is 1. The number of nitriles is 1. The Hall–Kier alpha value is -3.02. The Bertz CT molecular complexity index is 1090. The van der Waals surface area contributed by atoms with Crippen LogP contribution in [0.5, 0.6) is 0 Å². The Kier molecular flexibility index (Phi) is 8.82. The molecule has 3 rings (SSSR count). The first kappa shape index (κ1) is 26.6. The summed E-state index contributed by atoms with van der Waals surface area (Å²) in [6, 6.07) is 11.1. The number of rotatable bonds is 8. The van der Waals surface area contributed by atoms with Crippen LogP contribution in [0.4, 0.5) is 13.2 Å². The summed E-state index contributed by atoms with van der Waals surface area (Å²) < 4.78 is 43.1. The minimum absolute atomic E-state index is 0.100. The maximum Gasteiger partial charge on any atom is 0.416 e. The third-order valence-electron chi connectivity index (χ3n) is 5.25. The number of thiophene rings is 1. The highest BCUT2D eigenvalue weighted by atomic mass is 32.1. The number of morpholine rings is 1. The van der Waals surface area contributed by atoms with Gasteiger partial charge < -0.3 is 20.7 Å². The summed E-state index contributed by atoms with van der Waals surface area (Å²) in [6.07, 6.45) is -7.66. The van der Waals surface area contributed by atoms with Crippen molar-refractivity contribution in [2.45, 2.75) is 31.4 Å². The van der Waals surface area contributed by atoms with E-state index in [0.717, 1.165) is 18.3 Å². The van der Waals surface area contributed by atoms with Crippen LogP contribution in [-0.4, -0.2) is 61.3 Å². The number of carbonyl (C=O) groups is 2. The van der Waals surface area contributed by atoms with Gasteiger partial charge in [0.1, 0.15) is 6.17 Å². The Balaban J connectivity index is 1.59. The lowest BCUT2D eigenvalue weighted by atomic mass is 10.1. The van der Waals surface area contributed by atoms with E-state index in [1.807, 2.05) is 6.07 Å². The van der Waals surface area contributed by atoms with Gasteiger partial charge in [0, 0.05) is 18.0 Å². The van der Waals surface area contributed by atoms with Crippen LogP contribution in [0.15, 0.2) is 36.4 Å². The summed E-state index contributed by atoms with van der Waals surface area (Å²) in [5.41, 5.74) is 8.49. The van der Waals surface area contributed by atoms with Crippen molar-refractivity contribution in [2.24, 2.45) is 5.73 Å². The monoisotopic (exact) mass is 511 g/mol. The minimum atomic E-state index is -4.54. The van der Waals surface area contributed by atoms with Gasteiger partial charge in [0.25, 0.3) is 11.8 Å². The van der Waals surface area contributed by atoms with Crippen molar-refractivity contribution in [3.63, 3.8) is 0 Å². The predicted octanol–water partition coefficient (Wildman–Crippen LogP) is 2.32. The molecule has 4 N–H and O–H groups in total. The zero-order valence-corrected chi connectivity index (χ0v) is 19.5. The number of nitrogens with one attached hydrogen (secondary N) is 2. The first-order valence-corrected chi connectivity index (χ1v) is 11.4. The van der Waals surface area contributed by atoms with Crippen LogP contribution in [-0.2, 0) is 9.57 Å². The summed E-state index contributed by atoms with van der Waals surface area (Å²) in [5.74, 6) is -0.762. The predicted molar refractivity (Wildman–Crippen MR) is 120 cm³/mol. The Morgan fingerprint density at radius 2 is 2.09 bits per heavy atom. The van der Waals surface area contributed by atoms with Crippen molar-refractivity contribution in [3.05, 3.63) is 57.3 Å². The van der Waals surface area contributed by atoms with E-state index in [0.29, 0.717) is 18.0 Å². The number of nitrogens with zero attached hydrogens (tertiary/aromatic N) is 2. The lowest BCUT2D eigenvalue weighted by Gasteiger charge is -2.35. The zero-order chi connectivity index (χ0) is 25.6. The number of nitrogens with two attached hydrogens (primary N) is 1. The summed E-state index contributed by atoms with van der Waals surface area (Å²) in [4.78, 5) is 32.5. The molecule has 0 radical (unpaired) electrons. The van der Waals surface area contributed by atoms with Crippen LogP contribution >= 0.6 is 11.3 Å². The number of ether oxygens (including phenoxy) is 1. The van der Waals surface area contributed by atoms with Gasteiger partial charge in [-0.3, -0.25) is 14.4 Å². The van der Waals surface area contributed by atoms with E-state index in [4.69, 9.17) is 10.5 Å². The van der Waals surface area contributed by atoms with Crippen LogP contribution in [0.25, 0.3) is 0 Å². The molecule has 0 bridgehead atoms.